The van der Waals surface area contributed by atoms with E-state index in [1.807, 2.05) is 4.90 Å². The maximum atomic E-state index is 14.1. The molecule has 0 atom stereocenters. The fourth-order valence-corrected chi connectivity index (χ4v) is 5.55. The molecule has 2 saturated heterocycles. The average Bonchev–Trinajstić information content (AvgIpc) is 3.22. The van der Waals surface area contributed by atoms with E-state index < -0.39 is 15.8 Å². The van der Waals surface area contributed by atoms with Crippen molar-refractivity contribution in [2.75, 3.05) is 19.6 Å². The number of halogens is 1. The molecule has 1 N–H and O–H groups in total. The topological polar surface area (TPSA) is 73.5 Å². The Kier molecular flexibility index (Phi) is 4.04. The van der Waals surface area contributed by atoms with E-state index in [2.05, 4.69) is 4.98 Å². The van der Waals surface area contributed by atoms with Crippen molar-refractivity contribution in [3.8, 4) is 0 Å². The number of carbonyl (C=O) groups excluding carboxylic acids is 1. The van der Waals surface area contributed by atoms with Crippen molar-refractivity contribution < 1.29 is 17.6 Å². The summed E-state index contributed by atoms with van der Waals surface area (Å²) in [7, 11) is -3.77. The Balaban J connectivity index is 1.56. The lowest BCUT2D eigenvalue weighted by Gasteiger charge is -2.36. The van der Waals surface area contributed by atoms with Crippen molar-refractivity contribution in [3.63, 3.8) is 0 Å². The van der Waals surface area contributed by atoms with Gasteiger partial charge < -0.3 is 9.88 Å². The Morgan fingerprint density at radius 2 is 1.92 bits per heavy atom. The highest BCUT2D eigenvalue weighted by atomic mass is 32.2. The number of piperidine rings is 1. The first-order valence-corrected chi connectivity index (χ1v) is 9.98. The first-order chi connectivity index (χ1) is 12.0. The molecule has 4 rings (SSSR count). The molecular weight excluding hydrogens is 345 g/mol. The number of hydrogen-bond acceptors (Lipinski definition) is 3. The van der Waals surface area contributed by atoms with Crippen molar-refractivity contribution in [1.29, 1.82) is 0 Å². The molecule has 0 unspecified atom stereocenters. The fraction of sp³-hybridized carbons (Fsp3) is 0.471. The van der Waals surface area contributed by atoms with E-state index in [9.17, 15) is 17.6 Å². The van der Waals surface area contributed by atoms with Crippen LogP contribution in [0.4, 0.5) is 4.39 Å². The number of carbonyl (C=O) groups is 1. The van der Waals surface area contributed by atoms with E-state index in [0.29, 0.717) is 37.9 Å². The largest absolute Gasteiger partial charge is 0.360 e. The number of hydrogen-bond donors (Lipinski definition) is 1. The number of benzene rings is 1. The standard InChI is InChI=1S/C17H20FN3O3S/c18-13-3-1-4-14-17(13)15(11-19-14)25(23,24)20-9-6-12(7-10-20)21-8-2-5-16(21)22/h1,3-4,11-12,19H,2,5-10H2. The summed E-state index contributed by atoms with van der Waals surface area (Å²) in [6, 6.07) is 4.58. The van der Waals surface area contributed by atoms with Crippen LogP contribution in [0.1, 0.15) is 25.7 Å². The predicted molar refractivity (Wildman–Crippen MR) is 91.0 cm³/mol. The number of nitrogens with one attached hydrogen (secondary N) is 1. The zero-order chi connectivity index (χ0) is 17.6. The number of amides is 1. The van der Waals surface area contributed by atoms with E-state index in [-0.39, 0.29) is 22.2 Å². The van der Waals surface area contributed by atoms with Crippen molar-refractivity contribution in [3.05, 3.63) is 30.2 Å². The lowest BCUT2D eigenvalue weighted by atomic mass is 10.1. The highest BCUT2D eigenvalue weighted by Gasteiger charge is 2.35. The van der Waals surface area contributed by atoms with E-state index >= 15 is 0 Å². The van der Waals surface area contributed by atoms with Crippen LogP contribution in [0.15, 0.2) is 29.3 Å². The van der Waals surface area contributed by atoms with Crippen molar-refractivity contribution in [2.45, 2.75) is 36.6 Å². The highest BCUT2D eigenvalue weighted by molar-refractivity contribution is 7.89. The first kappa shape index (κ1) is 16.5. The SMILES string of the molecule is O=C1CCCN1C1CCN(S(=O)(=O)c2c[nH]c3cccc(F)c23)CC1. The van der Waals surface area contributed by atoms with E-state index in [4.69, 9.17) is 0 Å². The molecular formula is C17H20FN3O3S. The van der Waals surface area contributed by atoms with Gasteiger partial charge >= 0.3 is 0 Å². The van der Waals surface area contributed by atoms with E-state index in [1.165, 1.54) is 16.6 Å². The minimum atomic E-state index is -3.77. The van der Waals surface area contributed by atoms with Crippen LogP contribution in [0, 0.1) is 5.82 Å². The number of sulfonamides is 1. The molecule has 2 fully saturated rings. The number of H-pyrrole nitrogens is 1. The van der Waals surface area contributed by atoms with Crippen LogP contribution < -0.4 is 0 Å². The molecule has 6 nitrogen and oxygen atoms in total. The lowest BCUT2D eigenvalue weighted by molar-refractivity contribution is -0.130. The molecule has 0 saturated carbocycles. The second kappa shape index (κ2) is 6.10. The lowest BCUT2D eigenvalue weighted by Crippen LogP contribution is -2.47. The third kappa shape index (κ3) is 2.73. The molecule has 2 aromatic rings. The molecule has 0 aliphatic carbocycles. The summed E-state index contributed by atoms with van der Waals surface area (Å²) in [5.41, 5.74) is 0.469. The summed E-state index contributed by atoms with van der Waals surface area (Å²) >= 11 is 0. The summed E-state index contributed by atoms with van der Waals surface area (Å²) in [5, 5.41) is 0.111. The van der Waals surface area contributed by atoms with Crippen molar-refractivity contribution in [2.24, 2.45) is 0 Å². The zero-order valence-electron chi connectivity index (χ0n) is 13.7. The number of fused-ring (bicyclic) bond motifs is 1. The van der Waals surface area contributed by atoms with Gasteiger partial charge in [0.05, 0.1) is 5.39 Å². The van der Waals surface area contributed by atoms with Crippen LogP contribution in [-0.2, 0) is 14.8 Å². The molecule has 0 bridgehead atoms. The minimum Gasteiger partial charge on any atom is -0.360 e. The zero-order valence-corrected chi connectivity index (χ0v) is 14.6. The monoisotopic (exact) mass is 365 g/mol. The van der Waals surface area contributed by atoms with Gasteiger partial charge in [-0.05, 0) is 31.4 Å². The maximum absolute atomic E-state index is 14.1. The first-order valence-electron chi connectivity index (χ1n) is 8.54. The molecule has 1 aromatic heterocycles. The fourth-order valence-electron chi connectivity index (χ4n) is 3.90. The van der Waals surface area contributed by atoms with Gasteiger partial charge in [0.15, 0.2) is 0 Å². The predicted octanol–water partition coefficient (Wildman–Crippen LogP) is 2.08. The number of rotatable bonds is 3. The van der Waals surface area contributed by atoms with Crippen LogP contribution in [0.3, 0.4) is 0 Å². The van der Waals surface area contributed by atoms with Gasteiger partial charge in [0.2, 0.25) is 15.9 Å². The Labute approximate surface area is 145 Å². The van der Waals surface area contributed by atoms with Gasteiger partial charge in [-0.25, -0.2) is 12.8 Å². The van der Waals surface area contributed by atoms with Gasteiger partial charge in [-0.2, -0.15) is 4.31 Å². The summed E-state index contributed by atoms with van der Waals surface area (Å²) in [6.07, 6.45) is 4.07. The Hall–Kier alpha value is -1.93. The third-order valence-corrected chi connectivity index (χ3v) is 7.13. The van der Waals surface area contributed by atoms with Crippen LogP contribution >= 0.6 is 0 Å². The summed E-state index contributed by atoms with van der Waals surface area (Å²) < 4.78 is 41.5. The Bertz CT molecular complexity index is 916. The minimum absolute atomic E-state index is 0.0173. The average molecular weight is 365 g/mol. The molecule has 1 amide bonds. The highest BCUT2D eigenvalue weighted by Crippen LogP contribution is 2.30. The molecule has 25 heavy (non-hydrogen) atoms. The number of aromatic nitrogens is 1. The van der Waals surface area contributed by atoms with Crippen LogP contribution in [-0.4, -0.2) is 54.2 Å². The number of likely N-dealkylation sites (tertiary alicyclic amines) is 1. The van der Waals surface area contributed by atoms with Crippen LogP contribution in [0.5, 0.6) is 0 Å². The van der Waals surface area contributed by atoms with Crippen LogP contribution in [0.2, 0.25) is 0 Å². The second-order valence-corrected chi connectivity index (χ2v) is 8.55. The molecule has 2 aliphatic rings. The van der Waals surface area contributed by atoms with E-state index in [1.54, 1.807) is 12.1 Å². The molecule has 2 aliphatic heterocycles. The second-order valence-electron chi connectivity index (χ2n) is 6.64. The number of nitrogens with zero attached hydrogens (tertiary/aromatic N) is 2. The maximum Gasteiger partial charge on any atom is 0.245 e. The van der Waals surface area contributed by atoms with Crippen molar-refractivity contribution in [1.82, 2.24) is 14.2 Å². The van der Waals surface area contributed by atoms with Gasteiger partial charge in [-0.3, -0.25) is 4.79 Å². The molecule has 0 radical (unpaired) electrons. The van der Waals surface area contributed by atoms with Gasteiger partial charge in [-0.1, -0.05) is 6.07 Å². The van der Waals surface area contributed by atoms with Crippen molar-refractivity contribution >= 4 is 26.8 Å². The molecule has 0 spiro atoms. The molecule has 8 heteroatoms. The third-order valence-electron chi connectivity index (χ3n) is 5.21. The summed E-state index contributed by atoms with van der Waals surface area (Å²) in [4.78, 5) is 16.6. The summed E-state index contributed by atoms with van der Waals surface area (Å²) in [6.45, 7) is 1.46. The molecule has 1 aromatic carbocycles. The van der Waals surface area contributed by atoms with Gasteiger partial charge in [0.25, 0.3) is 0 Å². The van der Waals surface area contributed by atoms with Gasteiger partial charge in [0, 0.05) is 43.8 Å². The Morgan fingerprint density at radius 3 is 2.60 bits per heavy atom. The smallest absolute Gasteiger partial charge is 0.245 e. The van der Waals surface area contributed by atoms with Crippen LogP contribution in [0.25, 0.3) is 10.9 Å². The normalized spacial score (nSPS) is 20.7. The van der Waals surface area contributed by atoms with E-state index in [0.717, 1.165) is 13.0 Å². The van der Waals surface area contributed by atoms with Gasteiger partial charge in [0.1, 0.15) is 10.7 Å². The van der Waals surface area contributed by atoms with Gasteiger partial charge in [-0.15, -0.1) is 0 Å². The quantitative estimate of drug-likeness (QED) is 0.905. The molecule has 3 heterocycles. The summed E-state index contributed by atoms with van der Waals surface area (Å²) in [5.74, 6) is -0.380. The molecule has 134 valence electrons. The number of aromatic amines is 1. The Morgan fingerprint density at radius 1 is 1.16 bits per heavy atom.